The Morgan fingerprint density at radius 2 is 1.85 bits per heavy atom. The van der Waals surface area contributed by atoms with Gasteiger partial charge in [0.05, 0.1) is 17.0 Å². The summed E-state index contributed by atoms with van der Waals surface area (Å²) in [7, 11) is -7.74. The van der Waals surface area contributed by atoms with Gasteiger partial charge in [-0.25, -0.2) is 23.1 Å². The van der Waals surface area contributed by atoms with Crippen LogP contribution in [0.15, 0.2) is 47.5 Å². The van der Waals surface area contributed by atoms with Crippen LogP contribution in [0.25, 0.3) is 0 Å². The third-order valence-electron chi connectivity index (χ3n) is 7.11. The minimum Gasteiger partial charge on any atom is -0.384 e. The summed E-state index contributed by atoms with van der Waals surface area (Å²) >= 11 is 0. The van der Waals surface area contributed by atoms with Crippen molar-refractivity contribution in [2.24, 2.45) is 11.8 Å². The summed E-state index contributed by atoms with van der Waals surface area (Å²) in [6, 6.07) is 7.37. The lowest BCUT2D eigenvalue weighted by Gasteiger charge is -2.35. The molecule has 1 unspecified atom stereocenters. The fourth-order valence-corrected chi connectivity index (χ4v) is 8.16. The van der Waals surface area contributed by atoms with Crippen molar-refractivity contribution in [1.29, 1.82) is 0 Å². The molecule has 0 aliphatic carbocycles. The van der Waals surface area contributed by atoms with Crippen molar-refractivity contribution < 1.29 is 21.6 Å². The molecule has 4 heterocycles. The standard InChI is InChI=1S/C27H38N6O5S2/c1-18(2)17-39(35,36)32-13-7-8-20(16-32)22-12-11-21(25(29-22)33-15-19(3)14-27(33,4)5)26(34)31-40(37,38)24-10-6-9-23(28)30-24/h6-12,18-20H,13-17H2,1-5H3,(H2,28,30)(H,31,34)/t19-,20?/m0/s1. The lowest BCUT2D eigenvalue weighted by Crippen LogP contribution is -2.42. The molecule has 0 aromatic carbocycles. The Labute approximate surface area is 237 Å². The zero-order valence-corrected chi connectivity index (χ0v) is 25.2. The summed E-state index contributed by atoms with van der Waals surface area (Å²) in [4.78, 5) is 24.2. The molecular formula is C27H38N6O5S2. The molecule has 4 rings (SSSR count). The molecule has 1 amide bonds. The van der Waals surface area contributed by atoms with Crippen molar-refractivity contribution in [3.05, 3.63) is 53.7 Å². The van der Waals surface area contributed by atoms with E-state index in [0.29, 0.717) is 30.5 Å². The van der Waals surface area contributed by atoms with Gasteiger partial charge in [-0.2, -0.15) is 12.7 Å². The van der Waals surface area contributed by atoms with E-state index in [1.54, 1.807) is 12.1 Å². The average molecular weight is 591 g/mol. The zero-order valence-electron chi connectivity index (χ0n) is 23.5. The molecule has 2 aromatic heterocycles. The molecule has 2 atom stereocenters. The lowest BCUT2D eigenvalue weighted by atomic mass is 9.97. The second kappa shape index (κ2) is 11.1. The Hall–Kier alpha value is -3.03. The monoisotopic (exact) mass is 590 g/mol. The third-order valence-corrected chi connectivity index (χ3v) is 10.5. The highest BCUT2D eigenvalue weighted by Gasteiger charge is 2.40. The number of anilines is 2. The van der Waals surface area contributed by atoms with E-state index in [1.807, 2.05) is 30.9 Å². The van der Waals surface area contributed by atoms with Crippen LogP contribution in [-0.2, 0) is 20.0 Å². The largest absolute Gasteiger partial charge is 0.384 e. The van der Waals surface area contributed by atoms with Gasteiger partial charge in [-0.1, -0.05) is 39.0 Å². The van der Waals surface area contributed by atoms with Crippen LogP contribution in [0.2, 0.25) is 0 Å². The number of carbonyl (C=O) groups is 1. The maximum absolute atomic E-state index is 13.4. The second-order valence-corrected chi connectivity index (χ2v) is 15.3. The molecule has 0 bridgehead atoms. The quantitative estimate of drug-likeness (QED) is 0.441. The van der Waals surface area contributed by atoms with Crippen molar-refractivity contribution in [2.45, 2.75) is 57.5 Å². The van der Waals surface area contributed by atoms with E-state index in [1.165, 1.54) is 22.5 Å². The van der Waals surface area contributed by atoms with Gasteiger partial charge in [0, 0.05) is 31.1 Å². The van der Waals surface area contributed by atoms with Gasteiger partial charge in [0.25, 0.3) is 15.9 Å². The Kier molecular flexibility index (Phi) is 8.30. The number of rotatable bonds is 8. The van der Waals surface area contributed by atoms with Crippen molar-refractivity contribution in [1.82, 2.24) is 19.0 Å². The molecule has 2 aliphatic rings. The molecular weight excluding hydrogens is 552 g/mol. The first kappa shape index (κ1) is 29.9. The zero-order chi connectivity index (χ0) is 29.5. The highest BCUT2D eigenvalue weighted by molar-refractivity contribution is 7.90. The normalized spacial score (nSPS) is 21.6. The van der Waals surface area contributed by atoms with Gasteiger partial charge in [-0.05, 0) is 56.4 Å². The van der Waals surface area contributed by atoms with Crippen LogP contribution in [0.5, 0.6) is 0 Å². The maximum Gasteiger partial charge on any atom is 0.281 e. The van der Waals surface area contributed by atoms with Crippen LogP contribution < -0.4 is 15.4 Å². The molecule has 40 heavy (non-hydrogen) atoms. The third kappa shape index (κ3) is 6.47. The van der Waals surface area contributed by atoms with Crippen molar-refractivity contribution in [3.8, 4) is 0 Å². The van der Waals surface area contributed by atoms with Crippen molar-refractivity contribution in [2.75, 3.05) is 36.0 Å². The highest BCUT2D eigenvalue weighted by Crippen LogP contribution is 2.38. The number of nitrogens with zero attached hydrogens (tertiary/aromatic N) is 4. The summed E-state index contributed by atoms with van der Waals surface area (Å²) in [6.07, 6.45) is 4.61. The molecule has 0 saturated carbocycles. The van der Waals surface area contributed by atoms with Crippen LogP contribution in [0.3, 0.4) is 0 Å². The molecule has 13 heteroatoms. The topological polar surface area (TPSA) is 156 Å². The summed E-state index contributed by atoms with van der Waals surface area (Å²) in [5.74, 6) is -0.418. The van der Waals surface area contributed by atoms with Crippen LogP contribution in [0.1, 0.15) is 63.0 Å². The van der Waals surface area contributed by atoms with E-state index >= 15 is 0 Å². The van der Waals surface area contributed by atoms with Gasteiger partial charge in [0.1, 0.15) is 11.6 Å². The number of pyridine rings is 2. The summed E-state index contributed by atoms with van der Waals surface area (Å²) in [5, 5.41) is -0.364. The molecule has 2 aromatic rings. The first-order valence-electron chi connectivity index (χ1n) is 13.3. The highest BCUT2D eigenvalue weighted by atomic mass is 32.2. The minimum absolute atomic E-state index is 0.00456. The van der Waals surface area contributed by atoms with Crippen LogP contribution in [0.4, 0.5) is 11.6 Å². The number of carbonyl (C=O) groups excluding carboxylic acids is 1. The lowest BCUT2D eigenvalue weighted by molar-refractivity contribution is 0.0981. The summed E-state index contributed by atoms with van der Waals surface area (Å²) < 4.78 is 55.3. The molecule has 11 nitrogen and oxygen atoms in total. The molecule has 3 N–H and O–H groups in total. The van der Waals surface area contributed by atoms with E-state index in [4.69, 9.17) is 10.7 Å². The number of hydrogen-bond acceptors (Lipinski definition) is 9. The average Bonchev–Trinajstić information content (AvgIpc) is 3.14. The van der Waals surface area contributed by atoms with Gasteiger partial charge in [0.15, 0.2) is 5.03 Å². The summed E-state index contributed by atoms with van der Waals surface area (Å²) in [5.41, 5.74) is 6.00. The fraction of sp³-hybridized carbons (Fsp3) is 0.519. The Morgan fingerprint density at radius 1 is 1.12 bits per heavy atom. The number of nitrogen functional groups attached to an aromatic ring is 1. The number of amides is 1. The van der Waals surface area contributed by atoms with Crippen molar-refractivity contribution in [3.63, 3.8) is 0 Å². The van der Waals surface area contributed by atoms with Gasteiger partial charge >= 0.3 is 0 Å². The van der Waals surface area contributed by atoms with E-state index in [-0.39, 0.29) is 46.1 Å². The van der Waals surface area contributed by atoms with Gasteiger partial charge in [-0.3, -0.25) is 4.79 Å². The maximum atomic E-state index is 13.4. The Bertz CT molecular complexity index is 1520. The van der Waals surface area contributed by atoms with Gasteiger partial charge < -0.3 is 10.6 Å². The molecule has 0 radical (unpaired) electrons. The molecule has 0 spiro atoms. The van der Waals surface area contributed by atoms with E-state index in [2.05, 4.69) is 30.5 Å². The smallest absolute Gasteiger partial charge is 0.281 e. The SMILES string of the molecule is CC(C)CS(=O)(=O)N1CC=CC(c2ccc(C(=O)NS(=O)(=O)c3cccc(N)n3)c(N3C[C@@H](C)CC3(C)C)n2)C1. The fourth-order valence-electron chi connectivity index (χ4n) is 5.47. The first-order chi connectivity index (χ1) is 18.6. The number of aromatic nitrogens is 2. The number of nitrogens with one attached hydrogen (secondary N) is 1. The summed E-state index contributed by atoms with van der Waals surface area (Å²) in [6.45, 7) is 11.1. The first-order valence-corrected chi connectivity index (χ1v) is 16.4. The van der Waals surface area contributed by atoms with Crippen molar-refractivity contribution >= 4 is 37.6 Å². The van der Waals surface area contributed by atoms with Crippen LogP contribution in [-0.4, -0.2) is 67.9 Å². The van der Waals surface area contributed by atoms with Crippen LogP contribution >= 0.6 is 0 Å². The molecule has 2 aliphatic heterocycles. The molecule has 1 fully saturated rings. The minimum atomic E-state index is -4.30. The van der Waals surface area contributed by atoms with Crippen LogP contribution in [0, 0.1) is 11.8 Å². The van der Waals surface area contributed by atoms with Gasteiger partial charge in [-0.15, -0.1) is 0 Å². The molecule has 218 valence electrons. The predicted octanol–water partition coefficient (Wildman–Crippen LogP) is 2.74. The number of nitrogens with two attached hydrogens (primary N) is 1. The van der Waals surface area contributed by atoms with E-state index in [9.17, 15) is 21.6 Å². The van der Waals surface area contributed by atoms with E-state index < -0.39 is 26.0 Å². The second-order valence-electron chi connectivity index (χ2n) is 11.7. The van der Waals surface area contributed by atoms with Gasteiger partial charge in [0.2, 0.25) is 10.0 Å². The predicted molar refractivity (Wildman–Crippen MR) is 155 cm³/mol. The Morgan fingerprint density at radius 3 is 2.48 bits per heavy atom. The Balaban J connectivity index is 1.71. The molecule has 1 saturated heterocycles. The van der Waals surface area contributed by atoms with E-state index in [0.717, 1.165) is 6.42 Å². The number of sulfonamides is 2. The number of hydrogen-bond donors (Lipinski definition) is 2.